The van der Waals surface area contributed by atoms with Gasteiger partial charge in [-0.1, -0.05) is 20.8 Å². The number of nitrogens with zero attached hydrogens (tertiary/aromatic N) is 1. The van der Waals surface area contributed by atoms with E-state index in [-0.39, 0.29) is 5.54 Å². The molecule has 2 heteroatoms. The molecule has 1 heterocycles. The SMILES string of the molecule is CC1CC(C)(C)CC(CN)(N2CCCC2C)C1. The Hall–Kier alpha value is -0.0800. The summed E-state index contributed by atoms with van der Waals surface area (Å²) in [5.41, 5.74) is 6.97. The molecule has 2 nitrogen and oxygen atoms in total. The highest BCUT2D eigenvalue weighted by atomic mass is 15.3. The summed E-state index contributed by atoms with van der Waals surface area (Å²) in [6.45, 7) is 11.7. The molecule has 0 aromatic rings. The molecule has 0 aromatic heterocycles. The monoisotopic (exact) mass is 238 g/mol. The van der Waals surface area contributed by atoms with Crippen LogP contribution in [0.15, 0.2) is 0 Å². The lowest BCUT2D eigenvalue weighted by molar-refractivity contribution is -0.0156. The third kappa shape index (κ3) is 2.53. The molecule has 1 saturated carbocycles. The van der Waals surface area contributed by atoms with Gasteiger partial charge in [0.05, 0.1) is 0 Å². The van der Waals surface area contributed by atoms with E-state index in [1.165, 1.54) is 38.6 Å². The van der Waals surface area contributed by atoms with Crippen molar-refractivity contribution in [3.8, 4) is 0 Å². The first-order valence-corrected chi connectivity index (χ1v) is 7.35. The van der Waals surface area contributed by atoms with Crippen molar-refractivity contribution in [3.05, 3.63) is 0 Å². The Morgan fingerprint density at radius 2 is 1.94 bits per heavy atom. The molecule has 2 rings (SSSR count). The maximum absolute atomic E-state index is 6.22. The predicted octanol–water partition coefficient (Wildman–Crippen LogP) is 3.01. The normalized spacial score (nSPS) is 42.9. The molecule has 0 bridgehead atoms. The molecule has 3 unspecified atom stereocenters. The molecule has 1 aliphatic heterocycles. The fourth-order valence-corrected chi connectivity index (χ4v) is 4.83. The van der Waals surface area contributed by atoms with Crippen molar-refractivity contribution in [1.82, 2.24) is 4.90 Å². The van der Waals surface area contributed by atoms with Gasteiger partial charge in [-0.3, -0.25) is 4.90 Å². The van der Waals surface area contributed by atoms with Crippen LogP contribution in [-0.4, -0.2) is 29.6 Å². The van der Waals surface area contributed by atoms with Crippen LogP contribution < -0.4 is 5.73 Å². The second-order valence-corrected chi connectivity index (χ2v) is 7.47. The molecule has 0 spiro atoms. The summed E-state index contributed by atoms with van der Waals surface area (Å²) in [6, 6.07) is 0.736. The minimum absolute atomic E-state index is 0.289. The minimum atomic E-state index is 0.289. The smallest absolute Gasteiger partial charge is 0.0342 e. The first kappa shape index (κ1) is 13.4. The third-order valence-corrected chi connectivity index (χ3v) is 4.98. The lowest BCUT2D eigenvalue weighted by Gasteiger charge is -2.53. The zero-order valence-corrected chi connectivity index (χ0v) is 12.1. The molecule has 2 N–H and O–H groups in total. The van der Waals surface area contributed by atoms with Crippen LogP contribution in [0.3, 0.4) is 0 Å². The van der Waals surface area contributed by atoms with E-state index in [0.717, 1.165) is 18.5 Å². The van der Waals surface area contributed by atoms with Gasteiger partial charge in [-0.15, -0.1) is 0 Å². The molecule has 0 aromatic carbocycles. The molecule has 0 radical (unpaired) electrons. The van der Waals surface area contributed by atoms with E-state index in [9.17, 15) is 0 Å². The molecule has 2 aliphatic rings. The molecule has 17 heavy (non-hydrogen) atoms. The Bertz CT molecular complexity index is 274. The maximum atomic E-state index is 6.22. The van der Waals surface area contributed by atoms with Gasteiger partial charge in [-0.2, -0.15) is 0 Å². The third-order valence-electron chi connectivity index (χ3n) is 4.98. The largest absolute Gasteiger partial charge is 0.329 e. The topological polar surface area (TPSA) is 29.3 Å². The summed E-state index contributed by atoms with van der Waals surface area (Å²) in [5, 5.41) is 0. The molecule has 1 saturated heterocycles. The van der Waals surface area contributed by atoms with E-state index in [1.807, 2.05) is 0 Å². The zero-order valence-electron chi connectivity index (χ0n) is 12.1. The number of rotatable bonds is 2. The standard InChI is InChI=1S/C15H30N2/c1-12-8-14(3,4)10-15(9-12,11-16)17-7-5-6-13(17)2/h12-13H,5-11,16H2,1-4H3. The second-order valence-electron chi connectivity index (χ2n) is 7.47. The zero-order chi connectivity index (χ0) is 12.7. The van der Waals surface area contributed by atoms with E-state index in [2.05, 4.69) is 32.6 Å². The van der Waals surface area contributed by atoms with E-state index in [4.69, 9.17) is 5.73 Å². The molecule has 3 atom stereocenters. The summed E-state index contributed by atoms with van der Waals surface area (Å²) >= 11 is 0. The van der Waals surface area contributed by atoms with Crippen molar-refractivity contribution in [1.29, 1.82) is 0 Å². The highest BCUT2D eigenvalue weighted by Crippen LogP contribution is 2.47. The van der Waals surface area contributed by atoms with Crippen LogP contribution in [0.5, 0.6) is 0 Å². The van der Waals surface area contributed by atoms with Gasteiger partial charge in [-0.05, 0) is 56.9 Å². The summed E-state index contributed by atoms with van der Waals surface area (Å²) in [5.74, 6) is 0.815. The van der Waals surface area contributed by atoms with Gasteiger partial charge in [0.1, 0.15) is 0 Å². The fraction of sp³-hybridized carbons (Fsp3) is 1.00. The van der Waals surface area contributed by atoms with Crippen LogP contribution in [0.2, 0.25) is 0 Å². The quantitative estimate of drug-likeness (QED) is 0.801. The van der Waals surface area contributed by atoms with Crippen LogP contribution in [0, 0.1) is 11.3 Å². The van der Waals surface area contributed by atoms with Gasteiger partial charge in [0.25, 0.3) is 0 Å². The van der Waals surface area contributed by atoms with Gasteiger partial charge in [0, 0.05) is 18.1 Å². The number of hydrogen-bond donors (Lipinski definition) is 1. The van der Waals surface area contributed by atoms with Crippen LogP contribution in [0.4, 0.5) is 0 Å². The van der Waals surface area contributed by atoms with Crippen LogP contribution in [0.25, 0.3) is 0 Å². The van der Waals surface area contributed by atoms with E-state index < -0.39 is 0 Å². The van der Waals surface area contributed by atoms with E-state index >= 15 is 0 Å². The lowest BCUT2D eigenvalue weighted by atomic mass is 9.63. The van der Waals surface area contributed by atoms with Crippen molar-refractivity contribution in [2.24, 2.45) is 17.1 Å². The number of likely N-dealkylation sites (tertiary alicyclic amines) is 1. The molecular formula is C15H30N2. The van der Waals surface area contributed by atoms with Crippen molar-refractivity contribution in [2.45, 2.75) is 71.4 Å². The van der Waals surface area contributed by atoms with E-state index in [0.29, 0.717) is 5.41 Å². The molecular weight excluding hydrogens is 208 g/mol. The summed E-state index contributed by atoms with van der Waals surface area (Å²) in [4.78, 5) is 2.74. The maximum Gasteiger partial charge on any atom is 0.0342 e. The predicted molar refractivity (Wildman–Crippen MR) is 74.0 cm³/mol. The Kier molecular flexibility index (Phi) is 3.57. The van der Waals surface area contributed by atoms with Crippen LogP contribution in [0.1, 0.15) is 59.8 Å². The average Bonchev–Trinajstić information content (AvgIpc) is 2.61. The van der Waals surface area contributed by atoms with Crippen LogP contribution >= 0.6 is 0 Å². The van der Waals surface area contributed by atoms with Gasteiger partial charge < -0.3 is 5.73 Å². The van der Waals surface area contributed by atoms with Gasteiger partial charge in [0.15, 0.2) is 0 Å². The van der Waals surface area contributed by atoms with E-state index in [1.54, 1.807) is 0 Å². The Morgan fingerprint density at radius 1 is 1.24 bits per heavy atom. The highest BCUT2D eigenvalue weighted by molar-refractivity contribution is 5.03. The highest BCUT2D eigenvalue weighted by Gasteiger charge is 2.47. The Labute approximate surface area is 107 Å². The Morgan fingerprint density at radius 3 is 2.41 bits per heavy atom. The van der Waals surface area contributed by atoms with Crippen molar-refractivity contribution in [2.75, 3.05) is 13.1 Å². The summed E-state index contributed by atoms with van der Waals surface area (Å²) in [7, 11) is 0. The second kappa shape index (κ2) is 4.55. The van der Waals surface area contributed by atoms with Crippen molar-refractivity contribution < 1.29 is 0 Å². The first-order chi connectivity index (χ1) is 7.88. The average molecular weight is 238 g/mol. The minimum Gasteiger partial charge on any atom is -0.329 e. The van der Waals surface area contributed by atoms with Gasteiger partial charge in [-0.25, -0.2) is 0 Å². The lowest BCUT2D eigenvalue weighted by Crippen LogP contribution is -2.59. The molecule has 1 aliphatic carbocycles. The van der Waals surface area contributed by atoms with Crippen LogP contribution in [-0.2, 0) is 0 Å². The summed E-state index contributed by atoms with van der Waals surface area (Å²) in [6.07, 6.45) is 6.66. The fourth-order valence-electron chi connectivity index (χ4n) is 4.83. The molecule has 2 fully saturated rings. The van der Waals surface area contributed by atoms with Gasteiger partial charge >= 0.3 is 0 Å². The van der Waals surface area contributed by atoms with Crippen molar-refractivity contribution >= 4 is 0 Å². The molecule has 0 amide bonds. The first-order valence-electron chi connectivity index (χ1n) is 7.35. The Balaban J connectivity index is 2.23. The van der Waals surface area contributed by atoms with Gasteiger partial charge in [0.2, 0.25) is 0 Å². The number of hydrogen-bond acceptors (Lipinski definition) is 2. The summed E-state index contributed by atoms with van der Waals surface area (Å²) < 4.78 is 0. The van der Waals surface area contributed by atoms with Crippen molar-refractivity contribution in [3.63, 3.8) is 0 Å². The molecule has 100 valence electrons. The number of nitrogens with two attached hydrogens (primary N) is 1.